The molecule has 1 saturated carbocycles. The van der Waals surface area contributed by atoms with Crippen LogP contribution in [0.15, 0.2) is 75.3 Å². The van der Waals surface area contributed by atoms with Crippen LogP contribution in [0, 0.1) is 34.5 Å². The number of hydrogen-bond acceptors (Lipinski definition) is 7. The van der Waals surface area contributed by atoms with Crippen molar-refractivity contribution in [1.82, 2.24) is 0 Å². The molecule has 6 rings (SSSR count). The number of benzene rings is 1. The molecule has 0 aromatic heterocycles. The number of carbonyl (C=O) groups is 4. The Labute approximate surface area is 273 Å². The van der Waals surface area contributed by atoms with Crippen molar-refractivity contribution in [3.63, 3.8) is 0 Å². The van der Waals surface area contributed by atoms with E-state index in [0.29, 0.717) is 29.4 Å². The van der Waals surface area contributed by atoms with Crippen molar-refractivity contribution < 1.29 is 33.4 Å². The molecular weight excluding hydrogens is 636 g/mol. The molecule has 238 valence electrons. The van der Waals surface area contributed by atoms with E-state index in [9.17, 15) is 19.2 Å². The van der Waals surface area contributed by atoms with Gasteiger partial charge in [0.2, 0.25) is 0 Å². The van der Waals surface area contributed by atoms with E-state index in [1.807, 2.05) is 19.1 Å². The minimum absolute atomic E-state index is 0.0395. The predicted molar refractivity (Wildman–Crippen MR) is 172 cm³/mol. The molecular formula is C37H41BrO7. The number of halogens is 1. The van der Waals surface area contributed by atoms with Crippen LogP contribution in [-0.4, -0.2) is 42.5 Å². The topological polar surface area (TPSA) is 96.0 Å². The van der Waals surface area contributed by atoms with Crippen LogP contribution in [0.4, 0.5) is 0 Å². The lowest BCUT2D eigenvalue weighted by Gasteiger charge is -2.57. The summed E-state index contributed by atoms with van der Waals surface area (Å²) in [5.74, 6) is -0.292. The molecule has 5 aliphatic rings. The maximum atomic E-state index is 13.7. The number of esters is 3. The van der Waals surface area contributed by atoms with Gasteiger partial charge in [-0.3, -0.25) is 9.59 Å². The third kappa shape index (κ3) is 5.37. The number of allylic oxidation sites excluding steroid dienone is 3. The van der Waals surface area contributed by atoms with Gasteiger partial charge in [-0.15, -0.1) is 0 Å². The smallest absolute Gasteiger partial charge is 0.339 e. The first-order valence-electron chi connectivity index (χ1n) is 16.0. The summed E-state index contributed by atoms with van der Waals surface area (Å²) in [5.41, 5.74) is 3.28. The Morgan fingerprint density at radius 2 is 1.82 bits per heavy atom. The SMILES string of the molecule is CC(=O)OCC1=C(C)C[C@H]([C@@H](C)C2=CC[C@H]3[C@@H]4CC=C5[C@@H](OC(=O)c6ccc(Br)cc6)C=CC(=O)[C@]5(C)[C@H]4CC[C@]23C)OC1=O. The Hall–Kier alpha value is -3.26. The number of fused-ring (bicyclic) bond motifs is 5. The van der Waals surface area contributed by atoms with Crippen LogP contribution < -0.4 is 0 Å². The van der Waals surface area contributed by atoms with E-state index in [-0.39, 0.29) is 35.7 Å². The second-order valence-corrected chi connectivity index (χ2v) is 14.8. The van der Waals surface area contributed by atoms with Crippen molar-refractivity contribution in [2.75, 3.05) is 6.61 Å². The first-order chi connectivity index (χ1) is 21.3. The van der Waals surface area contributed by atoms with Gasteiger partial charge in [0.15, 0.2) is 5.78 Å². The molecule has 45 heavy (non-hydrogen) atoms. The number of ether oxygens (including phenoxy) is 3. The third-order valence-electron chi connectivity index (χ3n) is 11.6. The molecule has 1 heterocycles. The molecule has 1 aromatic carbocycles. The lowest BCUT2D eigenvalue weighted by Crippen LogP contribution is -2.54. The number of hydrogen-bond donors (Lipinski definition) is 0. The number of ketones is 1. The van der Waals surface area contributed by atoms with Gasteiger partial charge in [-0.25, -0.2) is 9.59 Å². The highest BCUT2D eigenvalue weighted by Gasteiger charge is 2.60. The Morgan fingerprint density at radius 3 is 2.51 bits per heavy atom. The van der Waals surface area contributed by atoms with Crippen molar-refractivity contribution >= 4 is 39.6 Å². The molecule has 1 fully saturated rings. The highest BCUT2D eigenvalue weighted by Crippen LogP contribution is 2.65. The van der Waals surface area contributed by atoms with Crippen LogP contribution in [0.1, 0.15) is 77.1 Å². The van der Waals surface area contributed by atoms with E-state index in [0.717, 1.165) is 41.3 Å². The maximum absolute atomic E-state index is 13.7. The van der Waals surface area contributed by atoms with Gasteiger partial charge < -0.3 is 14.2 Å². The zero-order valence-corrected chi connectivity index (χ0v) is 28.1. The van der Waals surface area contributed by atoms with Gasteiger partial charge in [-0.05, 0) is 105 Å². The molecule has 7 nitrogen and oxygen atoms in total. The van der Waals surface area contributed by atoms with Crippen molar-refractivity contribution in [3.8, 4) is 0 Å². The minimum atomic E-state index is -0.725. The average Bonchev–Trinajstić information content (AvgIpc) is 3.35. The Morgan fingerprint density at radius 1 is 1.09 bits per heavy atom. The van der Waals surface area contributed by atoms with Gasteiger partial charge in [0, 0.05) is 23.7 Å². The number of carbonyl (C=O) groups excluding carboxylic acids is 4. The molecule has 1 aliphatic heterocycles. The first-order valence-corrected chi connectivity index (χ1v) is 16.8. The zero-order chi connectivity index (χ0) is 32.3. The molecule has 8 atom stereocenters. The minimum Gasteiger partial charge on any atom is -0.461 e. The highest BCUT2D eigenvalue weighted by atomic mass is 79.9. The van der Waals surface area contributed by atoms with Gasteiger partial charge in [0.1, 0.15) is 18.8 Å². The van der Waals surface area contributed by atoms with Gasteiger partial charge in [-0.1, -0.05) is 53.1 Å². The summed E-state index contributed by atoms with van der Waals surface area (Å²) >= 11 is 3.41. The first kappa shape index (κ1) is 31.7. The van der Waals surface area contributed by atoms with Crippen molar-refractivity contribution in [2.24, 2.45) is 34.5 Å². The van der Waals surface area contributed by atoms with Crippen molar-refractivity contribution in [3.05, 3.63) is 80.9 Å². The predicted octanol–water partition coefficient (Wildman–Crippen LogP) is 7.26. The molecule has 0 N–H and O–H groups in total. The van der Waals surface area contributed by atoms with Gasteiger partial charge in [-0.2, -0.15) is 0 Å². The van der Waals surface area contributed by atoms with Gasteiger partial charge in [0.25, 0.3) is 0 Å². The van der Waals surface area contributed by atoms with E-state index in [4.69, 9.17) is 14.2 Å². The van der Waals surface area contributed by atoms with Gasteiger partial charge >= 0.3 is 17.9 Å². The fourth-order valence-electron chi connectivity index (χ4n) is 9.07. The molecule has 4 aliphatic carbocycles. The van der Waals surface area contributed by atoms with Crippen LogP contribution in [0.2, 0.25) is 0 Å². The molecule has 0 saturated heterocycles. The van der Waals surface area contributed by atoms with E-state index >= 15 is 0 Å². The van der Waals surface area contributed by atoms with Crippen molar-refractivity contribution in [2.45, 2.75) is 78.9 Å². The van der Waals surface area contributed by atoms with Gasteiger partial charge in [0.05, 0.1) is 16.6 Å². The molecule has 8 heteroatoms. The molecule has 0 spiro atoms. The molecule has 0 radical (unpaired) electrons. The maximum Gasteiger partial charge on any atom is 0.339 e. The van der Waals surface area contributed by atoms with E-state index in [1.54, 1.807) is 24.3 Å². The quantitative estimate of drug-likeness (QED) is 0.178. The van der Waals surface area contributed by atoms with Crippen LogP contribution in [0.3, 0.4) is 0 Å². The van der Waals surface area contributed by atoms with Crippen LogP contribution in [0.5, 0.6) is 0 Å². The van der Waals surface area contributed by atoms with E-state index in [1.165, 1.54) is 12.5 Å². The summed E-state index contributed by atoms with van der Waals surface area (Å²) in [6.07, 6.45) is 11.2. The van der Waals surface area contributed by atoms with E-state index < -0.39 is 29.4 Å². The number of rotatable bonds is 6. The Kier molecular flexibility index (Phi) is 8.34. The summed E-state index contributed by atoms with van der Waals surface area (Å²) in [5, 5.41) is 0. The molecule has 0 amide bonds. The van der Waals surface area contributed by atoms with Crippen LogP contribution in [-0.2, 0) is 28.6 Å². The summed E-state index contributed by atoms with van der Waals surface area (Å²) in [6, 6.07) is 7.09. The summed E-state index contributed by atoms with van der Waals surface area (Å²) in [4.78, 5) is 51.0. The highest BCUT2D eigenvalue weighted by molar-refractivity contribution is 9.10. The fraction of sp³-hybridized carbons (Fsp3) is 0.514. The normalized spacial score (nSPS) is 34.5. The molecule has 0 bridgehead atoms. The summed E-state index contributed by atoms with van der Waals surface area (Å²) in [6.45, 7) is 9.77. The average molecular weight is 678 g/mol. The summed E-state index contributed by atoms with van der Waals surface area (Å²) < 4.78 is 17.9. The van der Waals surface area contributed by atoms with E-state index in [2.05, 4.69) is 48.9 Å². The lowest BCUT2D eigenvalue weighted by atomic mass is 9.47. The van der Waals surface area contributed by atoms with Crippen molar-refractivity contribution in [1.29, 1.82) is 0 Å². The fourth-order valence-corrected chi connectivity index (χ4v) is 9.34. The standard InChI is InChI=1S/C37H41BrO7/c1-20-18-32(45-35(42)26(20)19-43-22(3)39)21(2)27-12-13-28-25-10-11-30-31(44-34(41)23-6-8-24(38)9-7-23)14-15-33(40)37(30,5)29(25)16-17-36(27,28)4/h6-9,11-12,14-15,21,25,28-29,31-32H,10,13,16-19H2,1-5H3/t21-,25-,28-,29-,31-,32+,36+,37+/m0/s1. The molecule has 0 unspecified atom stereocenters. The third-order valence-corrected chi connectivity index (χ3v) is 12.1. The lowest BCUT2D eigenvalue weighted by molar-refractivity contribution is -0.150. The number of cyclic esters (lactones) is 1. The summed E-state index contributed by atoms with van der Waals surface area (Å²) in [7, 11) is 0. The Bertz CT molecular complexity index is 1560. The Balaban J connectivity index is 1.20. The zero-order valence-electron chi connectivity index (χ0n) is 26.6. The largest absolute Gasteiger partial charge is 0.461 e. The molecule has 1 aromatic rings. The monoisotopic (exact) mass is 676 g/mol. The second kappa shape index (κ2) is 11.8. The van der Waals surface area contributed by atoms with Crippen LogP contribution >= 0.6 is 15.9 Å². The second-order valence-electron chi connectivity index (χ2n) is 13.9. The van der Waals surface area contributed by atoms with Crippen LogP contribution in [0.25, 0.3) is 0 Å².